The Hall–Kier alpha value is -0.0400. The first-order valence-electron chi connectivity index (χ1n) is 5.66. The van der Waals surface area contributed by atoms with Crippen LogP contribution in [0.4, 0.5) is 0 Å². The average molecular weight is 184 g/mol. The molecule has 0 heterocycles. The Labute approximate surface area is 82.9 Å². The summed E-state index contributed by atoms with van der Waals surface area (Å²) in [5.74, 6) is 2.58. The molecule has 0 saturated heterocycles. The Bertz CT molecular complexity index is 142. The molecule has 0 amide bonds. The van der Waals surface area contributed by atoms with Crippen molar-refractivity contribution < 1.29 is 4.74 Å². The second-order valence-corrected chi connectivity index (χ2v) is 5.06. The predicted molar refractivity (Wildman–Crippen MR) is 56.8 cm³/mol. The van der Waals surface area contributed by atoms with Crippen LogP contribution in [0.2, 0.25) is 0 Å². The summed E-state index contributed by atoms with van der Waals surface area (Å²) in [6.45, 7) is 6.99. The van der Waals surface area contributed by atoms with Crippen molar-refractivity contribution in [2.45, 2.75) is 52.6 Å². The van der Waals surface area contributed by atoms with Crippen molar-refractivity contribution in [1.29, 1.82) is 0 Å². The number of methoxy groups -OCH3 is 1. The van der Waals surface area contributed by atoms with Crippen LogP contribution in [0.5, 0.6) is 0 Å². The Balaban J connectivity index is 2.32. The molecule has 1 unspecified atom stereocenters. The topological polar surface area (TPSA) is 9.23 Å². The number of ether oxygens (including phenoxy) is 1. The van der Waals surface area contributed by atoms with Crippen LogP contribution in [-0.4, -0.2) is 13.2 Å². The highest BCUT2D eigenvalue weighted by molar-refractivity contribution is 4.78. The van der Waals surface area contributed by atoms with Crippen LogP contribution in [0, 0.1) is 17.8 Å². The number of hydrogen-bond donors (Lipinski definition) is 0. The fourth-order valence-electron chi connectivity index (χ4n) is 2.71. The third-order valence-corrected chi connectivity index (χ3v) is 3.31. The molecule has 1 heteroatoms. The number of hydrogen-bond acceptors (Lipinski definition) is 1. The Kier molecular flexibility index (Phi) is 4.24. The zero-order valence-electron chi connectivity index (χ0n) is 9.55. The molecule has 13 heavy (non-hydrogen) atoms. The monoisotopic (exact) mass is 184 g/mol. The molecule has 0 aromatic heterocycles. The van der Waals surface area contributed by atoms with E-state index in [1.807, 2.05) is 7.11 Å². The van der Waals surface area contributed by atoms with Gasteiger partial charge in [0, 0.05) is 7.11 Å². The first-order chi connectivity index (χ1) is 6.13. The summed E-state index contributed by atoms with van der Waals surface area (Å²) >= 11 is 0. The molecule has 1 nitrogen and oxygen atoms in total. The van der Waals surface area contributed by atoms with Gasteiger partial charge in [0.15, 0.2) is 0 Å². The van der Waals surface area contributed by atoms with E-state index in [9.17, 15) is 0 Å². The quantitative estimate of drug-likeness (QED) is 0.652. The Morgan fingerprint density at radius 1 is 1.31 bits per heavy atom. The molecule has 1 fully saturated rings. The zero-order chi connectivity index (χ0) is 9.84. The van der Waals surface area contributed by atoms with E-state index in [0.717, 1.165) is 17.8 Å². The molecule has 0 bridgehead atoms. The van der Waals surface area contributed by atoms with Gasteiger partial charge in [-0.2, -0.15) is 0 Å². The van der Waals surface area contributed by atoms with Crippen LogP contribution in [0.15, 0.2) is 0 Å². The van der Waals surface area contributed by atoms with E-state index in [-0.39, 0.29) is 0 Å². The van der Waals surface area contributed by atoms with Gasteiger partial charge in [-0.15, -0.1) is 0 Å². The van der Waals surface area contributed by atoms with Gasteiger partial charge in [-0.25, -0.2) is 0 Å². The van der Waals surface area contributed by atoms with E-state index in [4.69, 9.17) is 4.74 Å². The maximum absolute atomic E-state index is 5.46. The van der Waals surface area contributed by atoms with Crippen LogP contribution < -0.4 is 0 Å². The molecular formula is C12H24O. The standard InChI is InChI=1S/C12H24O/c1-9(2)7-11-5-6-12(13-4)10(3)8-11/h9-12H,5-8H2,1-4H3/t10?,11-,12-/m1/s1. The minimum atomic E-state index is 0.531. The van der Waals surface area contributed by atoms with Gasteiger partial charge in [-0.3, -0.25) is 0 Å². The lowest BCUT2D eigenvalue weighted by atomic mass is 9.77. The van der Waals surface area contributed by atoms with Crippen molar-refractivity contribution >= 4 is 0 Å². The SMILES string of the molecule is CO[C@@H]1CC[C@H](CC(C)C)CC1C. The smallest absolute Gasteiger partial charge is 0.0597 e. The highest BCUT2D eigenvalue weighted by Crippen LogP contribution is 2.34. The van der Waals surface area contributed by atoms with Gasteiger partial charge in [0.2, 0.25) is 0 Å². The number of rotatable bonds is 3. The highest BCUT2D eigenvalue weighted by Gasteiger charge is 2.27. The first kappa shape index (κ1) is 11.0. The molecule has 1 aliphatic carbocycles. The van der Waals surface area contributed by atoms with Crippen molar-refractivity contribution in [2.24, 2.45) is 17.8 Å². The van der Waals surface area contributed by atoms with Gasteiger partial charge in [0.25, 0.3) is 0 Å². The summed E-state index contributed by atoms with van der Waals surface area (Å²) in [4.78, 5) is 0. The van der Waals surface area contributed by atoms with Crippen molar-refractivity contribution in [3.05, 3.63) is 0 Å². The summed E-state index contributed by atoms with van der Waals surface area (Å²) < 4.78 is 5.46. The summed E-state index contributed by atoms with van der Waals surface area (Å²) in [5.41, 5.74) is 0. The molecule has 0 radical (unpaired) electrons. The van der Waals surface area contributed by atoms with E-state index < -0.39 is 0 Å². The molecule has 1 rings (SSSR count). The minimum absolute atomic E-state index is 0.531. The summed E-state index contributed by atoms with van der Waals surface area (Å²) in [7, 11) is 1.85. The van der Waals surface area contributed by atoms with E-state index in [1.54, 1.807) is 0 Å². The minimum Gasteiger partial charge on any atom is -0.381 e. The van der Waals surface area contributed by atoms with Crippen molar-refractivity contribution in [1.82, 2.24) is 0 Å². The lowest BCUT2D eigenvalue weighted by molar-refractivity contribution is 0.0123. The third-order valence-electron chi connectivity index (χ3n) is 3.31. The molecular weight excluding hydrogens is 160 g/mol. The molecule has 0 N–H and O–H groups in total. The maximum Gasteiger partial charge on any atom is 0.0597 e. The highest BCUT2D eigenvalue weighted by atomic mass is 16.5. The van der Waals surface area contributed by atoms with E-state index in [2.05, 4.69) is 20.8 Å². The normalized spacial score (nSPS) is 35.3. The Morgan fingerprint density at radius 2 is 2.00 bits per heavy atom. The summed E-state index contributed by atoms with van der Waals surface area (Å²) in [6.07, 6.45) is 5.96. The lowest BCUT2D eigenvalue weighted by Gasteiger charge is -2.34. The zero-order valence-corrected chi connectivity index (χ0v) is 9.55. The molecule has 1 aliphatic rings. The van der Waals surface area contributed by atoms with Crippen LogP contribution in [0.1, 0.15) is 46.5 Å². The second kappa shape index (κ2) is 4.99. The average Bonchev–Trinajstić information content (AvgIpc) is 2.03. The van der Waals surface area contributed by atoms with Gasteiger partial charge in [0.05, 0.1) is 6.10 Å². The van der Waals surface area contributed by atoms with Crippen molar-refractivity contribution in [3.8, 4) is 0 Å². The third kappa shape index (κ3) is 3.30. The molecule has 0 aromatic rings. The molecule has 1 saturated carbocycles. The van der Waals surface area contributed by atoms with Crippen LogP contribution >= 0.6 is 0 Å². The van der Waals surface area contributed by atoms with Gasteiger partial charge >= 0.3 is 0 Å². The van der Waals surface area contributed by atoms with Crippen LogP contribution in [-0.2, 0) is 4.74 Å². The first-order valence-corrected chi connectivity index (χ1v) is 5.66. The fraction of sp³-hybridized carbons (Fsp3) is 1.00. The maximum atomic E-state index is 5.46. The van der Waals surface area contributed by atoms with Crippen LogP contribution in [0.3, 0.4) is 0 Å². The van der Waals surface area contributed by atoms with Gasteiger partial charge in [0.1, 0.15) is 0 Å². The summed E-state index contributed by atoms with van der Waals surface area (Å²) in [5, 5.41) is 0. The van der Waals surface area contributed by atoms with E-state index in [1.165, 1.54) is 25.7 Å². The Morgan fingerprint density at radius 3 is 2.46 bits per heavy atom. The molecule has 0 aliphatic heterocycles. The molecule has 78 valence electrons. The fourth-order valence-corrected chi connectivity index (χ4v) is 2.71. The molecule has 0 spiro atoms. The van der Waals surface area contributed by atoms with E-state index in [0.29, 0.717) is 6.10 Å². The van der Waals surface area contributed by atoms with Gasteiger partial charge in [-0.1, -0.05) is 20.8 Å². The van der Waals surface area contributed by atoms with Crippen molar-refractivity contribution in [3.63, 3.8) is 0 Å². The van der Waals surface area contributed by atoms with E-state index >= 15 is 0 Å². The van der Waals surface area contributed by atoms with Gasteiger partial charge < -0.3 is 4.74 Å². The predicted octanol–water partition coefficient (Wildman–Crippen LogP) is 3.48. The summed E-state index contributed by atoms with van der Waals surface area (Å²) in [6, 6.07) is 0. The second-order valence-electron chi connectivity index (χ2n) is 5.06. The van der Waals surface area contributed by atoms with Crippen LogP contribution in [0.25, 0.3) is 0 Å². The van der Waals surface area contributed by atoms with Crippen molar-refractivity contribution in [2.75, 3.05) is 7.11 Å². The van der Waals surface area contributed by atoms with Gasteiger partial charge in [-0.05, 0) is 43.4 Å². The molecule has 0 aromatic carbocycles. The largest absolute Gasteiger partial charge is 0.381 e. The lowest BCUT2D eigenvalue weighted by Crippen LogP contribution is -2.29. The molecule has 3 atom stereocenters.